The lowest BCUT2D eigenvalue weighted by atomic mass is 10.3. The molecule has 1 aromatic carbocycles. The summed E-state index contributed by atoms with van der Waals surface area (Å²) in [6.45, 7) is 2.48. The minimum absolute atomic E-state index is 0.322. The summed E-state index contributed by atoms with van der Waals surface area (Å²) in [7, 11) is 0. The Morgan fingerprint density at radius 1 is 1.56 bits per heavy atom. The van der Waals surface area contributed by atoms with Crippen LogP contribution in [0.1, 0.15) is 13.3 Å². The van der Waals surface area contributed by atoms with E-state index in [1.807, 2.05) is 25.1 Å². The molecule has 0 saturated heterocycles. The highest BCUT2D eigenvalue weighted by atomic mass is 32.1. The standard InChI is InChI=1S/C11H15N3OS/c1-2-8(15)6-13-11-14-9-4-3-7(12)5-10(9)16-11/h3-5,8,15H,2,6,12H2,1H3,(H,13,14). The van der Waals surface area contributed by atoms with Crippen LogP contribution in [-0.4, -0.2) is 22.7 Å². The highest BCUT2D eigenvalue weighted by Gasteiger charge is 2.05. The number of nitrogens with two attached hydrogens (primary N) is 1. The summed E-state index contributed by atoms with van der Waals surface area (Å²) in [5, 5.41) is 13.4. The number of hydrogen-bond acceptors (Lipinski definition) is 5. The van der Waals surface area contributed by atoms with Crippen molar-refractivity contribution in [3.8, 4) is 0 Å². The fourth-order valence-corrected chi connectivity index (χ4v) is 2.29. The molecule has 86 valence electrons. The summed E-state index contributed by atoms with van der Waals surface area (Å²) in [4.78, 5) is 4.40. The van der Waals surface area contributed by atoms with Crippen LogP contribution < -0.4 is 11.1 Å². The van der Waals surface area contributed by atoms with Gasteiger partial charge in [-0.2, -0.15) is 0 Å². The first kappa shape index (κ1) is 11.2. The van der Waals surface area contributed by atoms with Crippen LogP contribution in [-0.2, 0) is 0 Å². The summed E-state index contributed by atoms with van der Waals surface area (Å²) in [5.41, 5.74) is 7.38. The Hall–Kier alpha value is -1.33. The minimum atomic E-state index is -0.322. The second-order valence-electron chi connectivity index (χ2n) is 3.69. The van der Waals surface area contributed by atoms with Gasteiger partial charge in [-0.05, 0) is 24.6 Å². The summed E-state index contributed by atoms with van der Waals surface area (Å²) < 4.78 is 1.06. The molecule has 0 aliphatic carbocycles. The summed E-state index contributed by atoms with van der Waals surface area (Å²) in [5.74, 6) is 0. The third-order valence-electron chi connectivity index (χ3n) is 2.37. The molecule has 1 heterocycles. The lowest BCUT2D eigenvalue weighted by Crippen LogP contribution is -2.17. The lowest BCUT2D eigenvalue weighted by Gasteiger charge is -2.07. The average molecular weight is 237 g/mol. The third kappa shape index (κ3) is 2.43. The number of benzene rings is 1. The van der Waals surface area contributed by atoms with Gasteiger partial charge < -0.3 is 16.2 Å². The van der Waals surface area contributed by atoms with Gasteiger partial charge in [-0.1, -0.05) is 18.3 Å². The number of thiazole rings is 1. The van der Waals surface area contributed by atoms with Crippen molar-refractivity contribution >= 4 is 32.4 Å². The number of nitrogens with zero attached hydrogens (tertiary/aromatic N) is 1. The molecule has 0 bridgehead atoms. The van der Waals surface area contributed by atoms with Gasteiger partial charge in [0, 0.05) is 12.2 Å². The maximum absolute atomic E-state index is 9.43. The van der Waals surface area contributed by atoms with Gasteiger partial charge in [0.2, 0.25) is 0 Å². The third-order valence-corrected chi connectivity index (χ3v) is 3.35. The van der Waals surface area contributed by atoms with Crippen LogP contribution in [0, 0.1) is 0 Å². The SMILES string of the molecule is CCC(O)CNc1nc2ccc(N)cc2s1. The molecule has 5 heteroatoms. The molecule has 0 aliphatic rings. The molecule has 0 saturated carbocycles. The lowest BCUT2D eigenvalue weighted by molar-refractivity contribution is 0.183. The smallest absolute Gasteiger partial charge is 0.183 e. The van der Waals surface area contributed by atoms with Crippen molar-refractivity contribution in [1.82, 2.24) is 4.98 Å². The molecule has 0 radical (unpaired) electrons. The van der Waals surface area contributed by atoms with E-state index in [2.05, 4.69) is 10.3 Å². The van der Waals surface area contributed by atoms with Crippen LogP contribution in [0.2, 0.25) is 0 Å². The average Bonchev–Trinajstić information content (AvgIpc) is 2.67. The van der Waals surface area contributed by atoms with E-state index in [0.29, 0.717) is 6.54 Å². The highest BCUT2D eigenvalue weighted by Crippen LogP contribution is 2.27. The number of fused-ring (bicyclic) bond motifs is 1. The minimum Gasteiger partial charge on any atom is -0.399 e. The first-order valence-electron chi connectivity index (χ1n) is 5.27. The van der Waals surface area contributed by atoms with E-state index in [9.17, 15) is 5.11 Å². The Bertz CT molecular complexity index is 483. The maximum Gasteiger partial charge on any atom is 0.183 e. The highest BCUT2D eigenvalue weighted by molar-refractivity contribution is 7.22. The quantitative estimate of drug-likeness (QED) is 0.712. The van der Waals surface area contributed by atoms with Crippen LogP contribution in [0.3, 0.4) is 0 Å². The summed E-state index contributed by atoms with van der Waals surface area (Å²) >= 11 is 1.55. The van der Waals surface area contributed by atoms with E-state index in [4.69, 9.17) is 5.73 Å². The van der Waals surface area contributed by atoms with Crippen molar-refractivity contribution in [3.05, 3.63) is 18.2 Å². The first-order valence-corrected chi connectivity index (χ1v) is 6.08. The van der Waals surface area contributed by atoms with Crippen LogP contribution in [0.4, 0.5) is 10.8 Å². The molecule has 4 nitrogen and oxygen atoms in total. The number of aromatic nitrogens is 1. The van der Waals surface area contributed by atoms with Crippen LogP contribution in [0.5, 0.6) is 0 Å². The molecule has 0 aliphatic heterocycles. The maximum atomic E-state index is 9.43. The molecule has 0 fully saturated rings. The van der Waals surface area contributed by atoms with Gasteiger partial charge in [0.05, 0.1) is 16.3 Å². The molecule has 1 unspecified atom stereocenters. The van der Waals surface area contributed by atoms with Gasteiger partial charge in [-0.3, -0.25) is 0 Å². The second-order valence-corrected chi connectivity index (χ2v) is 4.72. The van der Waals surface area contributed by atoms with Crippen molar-refractivity contribution in [1.29, 1.82) is 0 Å². The normalized spacial score (nSPS) is 12.9. The van der Waals surface area contributed by atoms with Gasteiger partial charge >= 0.3 is 0 Å². The molecular formula is C11H15N3OS. The van der Waals surface area contributed by atoms with Crippen molar-refractivity contribution in [2.45, 2.75) is 19.4 Å². The summed E-state index contributed by atoms with van der Waals surface area (Å²) in [6.07, 6.45) is 0.419. The molecule has 1 atom stereocenters. The van der Waals surface area contributed by atoms with E-state index >= 15 is 0 Å². The Kier molecular flexibility index (Phi) is 3.26. The van der Waals surface area contributed by atoms with E-state index < -0.39 is 0 Å². The van der Waals surface area contributed by atoms with E-state index in [1.165, 1.54) is 0 Å². The zero-order chi connectivity index (χ0) is 11.5. The Balaban J connectivity index is 2.13. The Morgan fingerprint density at radius 2 is 2.38 bits per heavy atom. The topological polar surface area (TPSA) is 71.2 Å². The molecule has 1 aromatic heterocycles. The summed E-state index contributed by atoms with van der Waals surface area (Å²) in [6, 6.07) is 5.66. The molecule has 0 spiro atoms. The fourth-order valence-electron chi connectivity index (χ4n) is 1.37. The largest absolute Gasteiger partial charge is 0.399 e. The number of nitrogen functional groups attached to an aromatic ring is 1. The van der Waals surface area contributed by atoms with Crippen molar-refractivity contribution in [2.24, 2.45) is 0 Å². The van der Waals surface area contributed by atoms with Crippen molar-refractivity contribution in [3.63, 3.8) is 0 Å². The van der Waals surface area contributed by atoms with E-state index in [-0.39, 0.29) is 6.10 Å². The van der Waals surface area contributed by atoms with Crippen LogP contribution in [0.15, 0.2) is 18.2 Å². The number of nitrogens with one attached hydrogen (secondary N) is 1. The zero-order valence-electron chi connectivity index (χ0n) is 9.10. The molecule has 2 rings (SSSR count). The molecule has 0 amide bonds. The van der Waals surface area contributed by atoms with Gasteiger partial charge in [-0.15, -0.1) is 0 Å². The first-order chi connectivity index (χ1) is 7.69. The van der Waals surface area contributed by atoms with Crippen LogP contribution >= 0.6 is 11.3 Å². The van der Waals surface area contributed by atoms with Crippen LogP contribution in [0.25, 0.3) is 10.2 Å². The molecule has 4 N–H and O–H groups in total. The number of aliphatic hydroxyl groups excluding tert-OH is 1. The second kappa shape index (κ2) is 4.67. The Morgan fingerprint density at radius 3 is 3.12 bits per heavy atom. The van der Waals surface area contributed by atoms with Gasteiger partial charge in [0.25, 0.3) is 0 Å². The van der Waals surface area contributed by atoms with Gasteiger partial charge in [0.1, 0.15) is 0 Å². The predicted octanol–water partition coefficient (Wildman–Crippen LogP) is 2.06. The molecule has 16 heavy (non-hydrogen) atoms. The van der Waals surface area contributed by atoms with Crippen molar-refractivity contribution < 1.29 is 5.11 Å². The van der Waals surface area contributed by atoms with Gasteiger partial charge in [-0.25, -0.2) is 4.98 Å². The monoisotopic (exact) mass is 237 g/mol. The fraction of sp³-hybridized carbons (Fsp3) is 0.364. The number of aliphatic hydroxyl groups is 1. The zero-order valence-corrected chi connectivity index (χ0v) is 9.92. The number of hydrogen-bond donors (Lipinski definition) is 3. The molecule has 2 aromatic rings. The van der Waals surface area contributed by atoms with Crippen molar-refractivity contribution in [2.75, 3.05) is 17.6 Å². The van der Waals surface area contributed by atoms with Gasteiger partial charge in [0.15, 0.2) is 5.13 Å². The number of rotatable bonds is 4. The number of anilines is 2. The predicted molar refractivity (Wildman–Crippen MR) is 68.8 cm³/mol. The van der Waals surface area contributed by atoms with E-state index in [0.717, 1.165) is 27.5 Å². The Labute approximate surface area is 98.1 Å². The molecular weight excluding hydrogens is 222 g/mol. The van der Waals surface area contributed by atoms with E-state index in [1.54, 1.807) is 11.3 Å².